The van der Waals surface area contributed by atoms with Crippen LogP contribution in [-0.4, -0.2) is 25.0 Å². The van der Waals surface area contributed by atoms with Gasteiger partial charge in [0.1, 0.15) is 6.33 Å². The van der Waals surface area contributed by atoms with Crippen LogP contribution in [0.2, 0.25) is 5.15 Å². The van der Waals surface area contributed by atoms with E-state index in [-0.39, 0.29) is 6.01 Å². The van der Waals surface area contributed by atoms with E-state index >= 15 is 0 Å². The largest absolute Gasteiger partial charge is 0.402 e. The summed E-state index contributed by atoms with van der Waals surface area (Å²) in [5.74, 6) is 0.334. The van der Waals surface area contributed by atoms with Gasteiger partial charge in [0.25, 0.3) is 0 Å². The number of halogens is 1. The number of hydrogen-bond acceptors (Lipinski definition) is 5. The third kappa shape index (κ3) is 1.86. The molecule has 6 nitrogen and oxygen atoms in total. The van der Waals surface area contributed by atoms with Gasteiger partial charge in [0, 0.05) is 17.8 Å². The Balaban J connectivity index is 2.09. The molecule has 0 fully saturated rings. The highest BCUT2D eigenvalue weighted by Gasteiger charge is 2.11. The van der Waals surface area contributed by atoms with Crippen LogP contribution in [0.4, 0.5) is 0 Å². The fourth-order valence-corrected chi connectivity index (χ4v) is 1.78. The summed E-state index contributed by atoms with van der Waals surface area (Å²) in [5.41, 5.74) is 0. The SMILES string of the molecule is Cn1cnc(Oc2nnc(Cl)c3ccccc23)n1. The highest BCUT2D eigenvalue weighted by atomic mass is 35.5. The third-order valence-electron chi connectivity index (χ3n) is 2.37. The molecule has 0 atom stereocenters. The molecule has 0 spiro atoms. The second-order valence-electron chi connectivity index (χ2n) is 3.64. The maximum Gasteiger partial charge on any atom is 0.342 e. The molecule has 2 aromatic heterocycles. The summed E-state index contributed by atoms with van der Waals surface area (Å²) in [6, 6.07) is 7.68. The van der Waals surface area contributed by atoms with Crippen molar-refractivity contribution < 1.29 is 4.74 Å². The number of aromatic nitrogens is 5. The number of fused-ring (bicyclic) bond motifs is 1. The lowest BCUT2D eigenvalue weighted by atomic mass is 10.2. The maximum absolute atomic E-state index is 5.97. The molecule has 7 heteroatoms. The summed E-state index contributed by atoms with van der Waals surface area (Å²) in [6.45, 7) is 0. The lowest BCUT2D eigenvalue weighted by molar-refractivity contribution is 0.422. The molecule has 18 heavy (non-hydrogen) atoms. The molecular formula is C11H8ClN5O. The van der Waals surface area contributed by atoms with E-state index in [4.69, 9.17) is 16.3 Å². The average molecular weight is 262 g/mol. The average Bonchev–Trinajstić information content (AvgIpc) is 2.79. The zero-order valence-electron chi connectivity index (χ0n) is 9.41. The second kappa shape index (κ2) is 4.23. The first-order valence-electron chi connectivity index (χ1n) is 5.18. The highest BCUT2D eigenvalue weighted by Crippen LogP contribution is 2.28. The van der Waals surface area contributed by atoms with Gasteiger partial charge in [0.2, 0.25) is 5.88 Å². The summed E-state index contributed by atoms with van der Waals surface area (Å²) in [6.07, 6.45) is 1.54. The highest BCUT2D eigenvalue weighted by molar-refractivity contribution is 6.34. The van der Waals surface area contributed by atoms with Crippen LogP contribution >= 0.6 is 11.6 Å². The molecule has 0 unspecified atom stereocenters. The topological polar surface area (TPSA) is 65.7 Å². The summed E-state index contributed by atoms with van der Waals surface area (Å²) >= 11 is 5.97. The summed E-state index contributed by atoms with van der Waals surface area (Å²) in [4.78, 5) is 3.97. The van der Waals surface area contributed by atoms with Crippen molar-refractivity contribution in [2.75, 3.05) is 0 Å². The monoisotopic (exact) mass is 261 g/mol. The van der Waals surface area contributed by atoms with Gasteiger partial charge in [0.15, 0.2) is 5.15 Å². The van der Waals surface area contributed by atoms with Gasteiger partial charge in [-0.2, -0.15) is 4.98 Å². The summed E-state index contributed by atoms with van der Waals surface area (Å²) in [7, 11) is 1.76. The molecule has 0 radical (unpaired) electrons. The van der Waals surface area contributed by atoms with Crippen molar-refractivity contribution in [2.24, 2.45) is 7.05 Å². The van der Waals surface area contributed by atoms with Gasteiger partial charge in [-0.05, 0) is 6.07 Å². The van der Waals surface area contributed by atoms with E-state index in [0.29, 0.717) is 11.0 Å². The first-order valence-corrected chi connectivity index (χ1v) is 5.56. The van der Waals surface area contributed by atoms with Crippen molar-refractivity contribution in [3.05, 3.63) is 35.7 Å². The zero-order valence-corrected chi connectivity index (χ0v) is 10.2. The molecule has 1 aromatic carbocycles. The Morgan fingerprint density at radius 1 is 1.17 bits per heavy atom. The fraction of sp³-hybridized carbons (Fsp3) is 0.0909. The number of ether oxygens (including phenoxy) is 1. The van der Waals surface area contributed by atoms with Crippen LogP contribution in [0.5, 0.6) is 11.9 Å². The van der Waals surface area contributed by atoms with Crippen molar-refractivity contribution in [3.63, 3.8) is 0 Å². The maximum atomic E-state index is 5.97. The van der Waals surface area contributed by atoms with Gasteiger partial charge in [-0.3, -0.25) is 4.68 Å². The van der Waals surface area contributed by atoms with E-state index in [9.17, 15) is 0 Å². The van der Waals surface area contributed by atoms with E-state index in [1.807, 2.05) is 24.3 Å². The minimum absolute atomic E-state index is 0.222. The standard InChI is InChI=1S/C11H8ClN5O/c1-17-6-13-11(16-17)18-10-8-5-3-2-4-7(8)9(12)14-15-10/h2-6H,1H3. The van der Waals surface area contributed by atoms with E-state index in [1.165, 1.54) is 0 Å². The number of aryl methyl sites for hydroxylation is 1. The Morgan fingerprint density at radius 2 is 1.94 bits per heavy atom. The van der Waals surface area contributed by atoms with Crippen LogP contribution < -0.4 is 4.74 Å². The van der Waals surface area contributed by atoms with Crippen LogP contribution in [0.25, 0.3) is 10.8 Å². The van der Waals surface area contributed by atoms with E-state index in [1.54, 1.807) is 18.1 Å². The predicted molar refractivity (Wildman–Crippen MR) is 65.6 cm³/mol. The Bertz CT molecular complexity index is 711. The van der Waals surface area contributed by atoms with Crippen LogP contribution in [0.15, 0.2) is 30.6 Å². The van der Waals surface area contributed by atoms with Gasteiger partial charge in [-0.15, -0.1) is 15.3 Å². The Kier molecular flexibility index (Phi) is 2.56. The smallest absolute Gasteiger partial charge is 0.342 e. The molecule has 0 saturated heterocycles. The van der Waals surface area contributed by atoms with Gasteiger partial charge in [-0.25, -0.2) is 0 Å². The van der Waals surface area contributed by atoms with Crippen LogP contribution in [-0.2, 0) is 7.05 Å². The van der Waals surface area contributed by atoms with Crippen molar-refractivity contribution in [1.29, 1.82) is 0 Å². The van der Waals surface area contributed by atoms with Crippen molar-refractivity contribution in [2.45, 2.75) is 0 Å². The quantitative estimate of drug-likeness (QED) is 0.707. The van der Waals surface area contributed by atoms with Crippen LogP contribution in [0, 0.1) is 0 Å². The predicted octanol–water partition coefficient (Wildman–Crippen LogP) is 2.20. The normalized spacial score (nSPS) is 10.8. The molecule has 0 amide bonds. The number of benzene rings is 1. The number of nitrogens with zero attached hydrogens (tertiary/aromatic N) is 5. The van der Waals surface area contributed by atoms with Crippen molar-refractivity contribution >= 4 is 22.4 Å². The minimum Gasteiger partial charge on any atom is -0.402 e. The van der Waals surface area contributed by atoms with Crippen LogP contribution in [0.3, 0.4) is 0 Å². The Morgan fingerprint density at radius 3 is 2.67 bits per heavy atom. The zero-order chi connectivity index (χ0) is 12.5. The first-order chi connectivity index (χ1) is 8.74. The molecule has 0 aliphatic heterocycles. The lowest BCUT2D eigenvalue weighted by Gasteiger charge is -2.04. The molecule has 90 valence electrons. The first kappa shape index (κ1) is 10.9. The van der Waals surface area contributed by atoms with Gasteiger partial charge in [0.05, 0.1) is 0 Å². The molecule has 3 rings (SSSR count). The van der Waals surface area contributed by atoms with Crippen molar-refractivity contribution in [1.82, 2.24) is 25.0 Å². The van der Waals surface area contributed by atoms with Gasteiger partial charge in [-0.1, -0.05) is 29.8 Å². The lowest BCUT2D eigenvalue weighted by Crippen LogP contribution is -1.95. The van der Waals surface area contributed by atoms with Gasteiger partial charge >= 0.3 is 6.01 Å². The molecular weight excluding hydrogens is 254 g/mol. The number of rotatable bonds is 2. The summed E-state index contributed by atoms with van der Waals surface area (Å²) < 4.78 is 7.03. The fourth-order valence-electron chi connectivity index (χ4n) is 1.57. The minimum atomic E-state index is 0.222. The Hall–Kier alpha value is -2.21. The number of hydrogen-bond donors (Lipinski definition) is 0. The molecule has 0 aliphatic rings. The van der Waals surface area contributed by atoms with Crippen LogP contribution in [0.1, 0.15) is 0 Å². The van der Waals surface area contributed by atoms with Gasteiger partial charge < -0.3 is 4.74 Å². The second-order valence-corrected chi connectivity index (χ2v) is 4.00. The van der Waals surface area contributed by atoms with Crippen molar-refractivity contribution in [3.8, 4) is 11.9 Å². The molecule has 2 heterocycles. The summed E-state index contributed by atoms with van der Waals surface area (Å²) in [5, 5.41) is 13.7. The molecule has 0 saturated carbocycles. The molecule has 3 aromatic rings. The van der Waals surface area contributed by atoms with E-state index in [2.05, 4.69) is 20.3 Å². The molecule has 0 aliphatic carbocycles. The van der Waals surface area contributed by atoms with E-state index in [0.717, 1.165) is 10.8 Å². The third-order valence-corrected chi connectivity index (χ3v) is 2.65. The molecule has 0 N–H and O–H groups in total. The van der Waals surface area contributed by atoms with E-state index < -0.39 is 0 Å². The Labute approximate surface area is 107 Å². The molecule has 0 bridgehead atoms.